The van der Waals surface area contributed by atoms with E-state index in [0.29, 0.717) is 0 Å². The second-order valence-corrected chi connectivity index (χ2v) is 6.24. The number of alkyl halides is 1. The molecule has 1 rings (SSSR count). The van der Waals surface area contributed by atoms with Crippen molar-refractivity contribution in [1.82, 2.24) is 5.32 Å². The number of hydrogen-bond acceptors (Lipinski definition) is 1. The van der Waals surface area contributed by atoms with E-state index in [1.165, 1.54) is 77.3 Å². The molecule has 2 atom stereocenters. The summed E-state index contributed by atoms with van der Waals surface area (Å²) < 4.78 is 0. The summed E-state index contributed by atoms with van der Waals surface area (Å²) in [4.78, 5) is 0. The van der Waals surface area contributed by atoms with Gasteiger partial charge in [0.1, 0.15) is 0 Å². The lowest BCUT2D eigenvalue weighted by atomic mass is 9.98. The zero-order chi connectivity index (χ0) is 13.1. The van der Waals surface area contributed by atoms with Crippen molar-refractivity contribution in [2.24, 2.45) is 11.8 Å². The van der Waals surface area contributed by atoms with Crippen LogP contribution >= 0.6 is 11.6 Å². The highest BCUT2D eigenvalue weighted by molar-refractivity contribution is 6.18. The zero-order valence-corrected chi connectivity index (χ0v) is 13.0. The third-order valence-corrected chi connectivity index (χ3v) is 4.77. The minimum absolute atomic E-state index is 0.785. The fourth-order valence-electron chi connectivity index (χ4n) is 3.08. The van der Waals surface area contributed by atoms with Crippen molar-refractivity contribution in [2.45, 2.75) is 71.1 Å². The van der Waals surface area contributed by atoms with Crippen LogP contribution in [0.4, 0.5) is 0 Å². The highest BCUT2D eigenvalue weighted by atomic mass is 35.5. The smallest absolute Gasteiger partial charge is 0.0254 e. The molecule has 1 fully saturated rings. The lowest BCUT2D eigenvalue weighted by Crippen LogP contribution is -2.26. The van der Waals surface area contributed by atoms with Crippen molar-refractivity contribution in [3.63, 3.8) is 0 Å². The van der Waals surface area contributed by atoms with E-state index in [9.17, 15) is 0 Å². The van der Waals surface area contributed by atoms with Crippen LogP contribution in [0.5, 0.6) is 0 Å². The van der Waals surface area contributed by atoms with Crippen LogP contribution in [0, 0.1) is 11.8 Å². The van der Waals surface area contributed by atoms with Crippen LogP contribution in [0.25, 0.3) is 0 Å². The van der Waals surface area contributed by atoms with Gasteiger partial charge in [-0.3, -0.25) is 0 Å². The Balaban J connectivity index is 1.83. The molecule has 0 amide bonds. The normalized spacial score (nSPS) is 23.7. The molecule has 1 aliphatic rings. The quantitative estimate of drug-likeness (QED) is 0.413. The van der Waals surface area contributed by atoms with Crippen molar-refractivity contribution >= 4 is 11.6 Å². The Morgan fingerprint density at radius 1 is 0.944 bits per heavy atom. The maximum absolute atomic E-state index is 6.00. The lowest BCUT2D eigenvalue weighted by Gasteiger charge is -2.17. The maximum Gasteiger partial charge on any atom is 0.0254 e. The molecule has 1 saturated carbocycles. The summed E-state index contributed by atoms with van der Waals surface area (Å²) in [5.41, 5.74) is 0. The summed E-state index contributed by atoms with van der Waals surface area (Å²) in [6.07, 6.45) is 14.0. The van der Waals surface area contributed by atoms with Gasteiger partial charge in [-0.1, -0.05) is 51.9 Å². The molecule has 0 aliphatic heterocycles. The van der Waals surface area contributed by atoms with Crippen molar-refractivity contribution in [3.05, 3.63) is 0 Å². The summed E-state index contributed by atoms with van der Waals surface area (Å²) in [6.45, 7) is 4.69. The second kappa shape index (κ2) is 11.1. The molecule has 1 N–H and O–H groups in total. The molecule has 18 heavy (non-hydrogen) atoms. The predicted molar refractivity (Wildman–Crippen MR) is 82.4 cm³/mol. The number of rotatable bonds is 11. The van der Waals surface area contributed by atoms with Crippen LogP contribution in [0.15, 0.2) is 0 Å². The van der Waals surface area contributed by atoms with E-state index in [1.807, 2.05) is 0 Å². The highest BCUT2D eigenvalue weighted by Gasteiger charge is 2.25. The first-order valence-electron chi connectivity index (χ1n) is 8.15. The molecule has 0 radical (unpaired) electrons. The number of unbranched alkanes of at least 4 members (excludes halogenated alkanes) is 6. The highest BCUT2D eigenvalue weighted by Crippen LogP contribution is 2.31. The molecule has 0 bridgehead atoms. The van der Waals surface area contributed by atoms with Gasteiger partial charge >= 0.3 is 0 Å². The minimum Gasteiger partial charge on any atom is -0.316 e. The Bertz CT molecular complexity index is 184. The summed E-state index contributed by atoms with van der Waals surface area (Å²) in [5.74, 6) is 2.50. The Morgan fingerprint density at radius 3 is 2.33 bits per heavy atom. The molecular formula is C16H32ClN. The van der Waals surface area contributed by atoms with E-state index in [1.54, 1.807) is 0 Å². The summed E-state index contributed by atoms with van der Waals surface area (Å²) in [6, 6.07) is 0. The van der Waals surface area contributed by atoms with E-state index in [0.717, 1.165) is 17.7 Å². The van der Waals surface area contributed by atoms with Gasteiger partial charge in [-0.25, -0.2) is 0 Å². The molecule has 0 aromatic rings. The first kappa shape index (κ1) is 16.3. The van der Waals surface area contributed by atoms with Crippen LogP contribution in [0.3, 0.4) is 0 Å². The maximum atomic E-state index is 6.00. The molecule has 1 aliphatic carbocycles. The van der Waals surface area contributed by atoms with Crippen LogP contribution in [0.1, 0.15) is 71.1 Å². The van der Waals surface area contributed by atoms with Crippen LogP contribution in [-0.4, -0.2) is 19.0 Å². The van der Waals surface area contributed by atoms with E-state index in [4.69, 9.17) is 11.6 Å². The minimum atomic E-state index is 0.785. The van der Waals surface area contributed by atoms with Gasteiger partial charge in [-0.05, 0) is 44.2 Å². The number of hydrogen-bond donors (Lipinski definition) is 1. The molecule has 0 saturated heterocycles. The van der Waals surface area contributed by atoms with Gasteiger partial charge in [-0.2, -0.15) is 0 Å². The van der Waals surface area contributed by atoms with E-state index < -0.39 is 0 Å². The molecule has 1 nitrogen and oxygen atoms in total. The molecular weight excluding hydrogens is 242 g/mol. The van der Waals surface area contributed by atoms with Crippen molar-refractivity contribution < 1.29 is 0 Å². The van der Waals surface area contributed by atoms with Crippen LogP contribution in [-0.2, 0) is 0 Å². The largest absolute Gasteiger partial charge is 0.316 e. The average Bonchev–Trinajstić information content (AvgIpc) is 2.84. The lowest BCUT2D eigenvalue weighted by molar-refractivity contribution is 0.393. The van der Waals surface area contributed by atoms with Gasteiger partial charge in [0.05, 0.1) is 0 Å². The topological polar surface area (TPSA) is 12.0 Å². The molecule has 2 unspecified atom stereocenters. The Hall–Kier alpha value is 0.250. The Labute approximate surface area is 119 Å². The Kier molecular flexibility index (Phi) is 10.1. The standard InChI is InChI=1S/C16H32ClN/c1-2-3-4-5-6-7-8-12-18-14-16-11-9-10-15(16)13-17/h15-16,18H,2-14H2,1H3. The van der Waals surface area contributed by atoms with Gasteiger partial charge in [0, 0.05) is 5.88 Å². The molecule has 2 heteroatoms. The van der Waals surface area contributed by atoms with Gasteiger partial charge in [0.25, 0.3) is 0 Å². The first-order chi connectivity index (χ1) is 8.88. The predicted octanol–water partition coefficient (Wildman–Crippen LogP) is 4.98. The number of nitrogens with one attached hydrogen (secondary N) is 1. The van der Waals surface area contributed by atoms with Gasteiger partial charge < -0.3 is 5.32 Å². The summed E-state index contributed by atoms with van der Waals surface area (Å²) >= 11 is 6.00. The second-order valence-electron chi connectivity index (χ2n) is 5.93. The molecule has 108 valence electrons. The van der Waals surface area contributed by atoms with Gasteiger partial charge in [0.2, 0.25) is 0 Å². The van der Waals surface area contributed by atoms with Gasteiger partial charge in [-0.15, -0.1) is 11.6 Å². The molecule has 0 heterocycles. The summed E-state index contributed by atoms with van der Waals surface area (Å²) in [7, 11) is 0. The Morgan fingerprint density at radius 2 is 1.61 bits per heavy atom. The van der Waals surface area contributed by atoms with Crippen LogP contribution < -0.4 is 5.32 Å². The first-order valence-corrected chi connectivity index (χ1v) is 8.68. The van der Waals surface area contributed by atoms with E-state index in [-0.39, 0.29) is 0 Å². The SMILES string of the molecule is CCCCCCCCCNCC1CCCC1CCl. The third kappa shape index (κ3) is 6.99. The fourth-order valence-corrected chi connectivity index (χ4v) is 3.49. The van der Waals surface area contributed by atoms with Crippen molar-refractivity contribution in [2.75, 3.05) is 19.0 Å². The fraction of sp³-hybridized carbons (Fsp3) is 1.00. The average molecular weight is 274 g/mol. The molecule has 0 spiro atoms. The monoisotopic (exact) mass is 273 g/mol. The molecule has 0 aromatic heterocycles. The van der Waals surface area contributed by atoms with Crippen LogP contribution in [0.2, 0.25) is 0 Å². The third-order valence-electron chi connectivity index (χ3n) is 4.38. The van der Waals surface area contributed by atoms with Crippen molar-refractivity contribution in [1.29, 1.82) is 0 Å². The van der Waals surface area contributed by atoms with Gasteiger partial charge in [0.15, 0.2) is 0 Å². The number of halogens is 1. The zero-order valence-electron chi connectivity index (χ0n) is 12.2. The van der Waals surface area contributed by atoms with E-state index >= 15 is 0 Å². The summed E-state index contributed by atoms with van der Waals surface area (Å²) in [5, 5.41) is 3.64. The molecule has 0 aromatic carbocycles. The van der Waals surface area contributed by atoms with Crippen molar-refractivity contribution in [3.8, 4) is 0 Å². The van der Waals surface area contributed by atoms with E-state index in [2.05, 4.69) is 12.2 Å².